The minimum atomic E-state index is -0.350. The van der Waals surface area contributed by atoms with Gasteiger partial charge in [-0.15, -0.1) is 0 Å². The average Bonchev–Trinajstić information content (AvgIpc) is 2.07. The lowest BCUT2D eigenvalue weighted by atomic mass is 10.2. The number of hydrogen-bond donors (Lipinski definition) is 0. The topological polar surface area (TPSA) is 35.5 Å². The van der Waals surface area contributed by atoms with Crippen molar-refractivity contribution in [1.82, 2.24) is 0 Å². The molecule has 1 radical (unpaired) electrons. The smallest absolute Gasteiger partial charge is 0.338 e. The zero-order valence-electron chi connectivity index (χ0n) is 6.29. The number of allylic oxidation sites excluding steroid dienone is 1. The highest BCUT2D eigenvalue weighted by Gasteiger charge is 2.11. The van der Waals surface area contributed by atoms with E-state index in [9.17, 15) is 4.79 Å². The molecule has 0 amide bonds. The first-order valence-electron chi connectivity index (χ1n) is 3.44. The van der Waals surface area contributed by atoms with Crippen LogP contribution >= 0.6 is 0 Å². The molecule has 3 nitrogen and oxygen atoms in total. The van der Waals surface area contributed by atoms with E-state index in [0.29, 0.717) is 18.6 Å². The Bertz CT molecular complexity index is 203. The molecule has 0 N–H and O–H groups in total. The molecule has 11 heavy (non-hydrogen) atoms. The van der Waals surface area contributed by atoms with Crippen LogP contribution in [0.2, 0.25) is 0 Å². The van der Waals surface area contributed by atoms with E-state index in [2.05, 4.69) is 11.0 Å². The van der Waals surface area contributed by atoms with Crippen molar-refractivity contribution in [3.8, 4) is 0 Å². The Hall–Kier alpha value is -1.25. The fraction of sp³-hybridized carbons (Fsp3) is 0.375. The van der Waals surface area contributed by atoms with Crippen molar-refractivity contribution in [2.24, 2.45) is 0 Å². The highest BCUT2D eigenvalue weighted by atomic mass is 16.5. The lowest BCUT2D eigenvalue weighted by Crippen LogP contribution is -2.08. The van der Waals surface area contributed by atoms with Gasteiger partial charge in [0, 0.05) is 6.42 Å². The number of esters is 1. The predicted octanol–water partition coefficient (Wildman–Crippen LogP) is 1.17. The van der Waals surface area contributed by atoms with E-state index in [4.69, 9.17) is 4.74 Å². The minimum absolute atomic E-state index is 0.350. The number of hydrogen-bond acceptors (Lipinski definition) is 3. The van der Waals surface area contributed by atoms with Gasteiger partial charge in [0.25, 0.3) is 0 Å². The summed E-state index contributed by atoms with van der Waals surface area (Å²) in [6, 6.07) is 0. The zero-order chi connectivity index (χ0) is 8.10. The third kappa shape index (κ3) is 2.11. The summed E-state index contributed by atoms with van der Waals surface area (Å²) >= 11 is 0. The van der Waals surface area contributed by atoms with Crippen LogP contribution in [-0.4, -0.2) is 12.6 Å². The standard InChI is InChI=1S/C8H9O3/c1-2-11-8(9)7-4-3-5-10-6-7/h3,5H,2,4H2,1H3. The summed E-state index contributed by atoms with van der Waals surface area (Å²) < 4.78 is 9.41. The predicted molar refractivity (Wildman–Crippen MR) is 38.2 cm³/mol. The Kier molecular flexibility index (Phi) is 2.72. The molecule has 0 aromatic carbocycles. The molecule has 0 aromatic rings. The van der Waals surface area contributed by atoms with Crippen LogP contribution in [0.4, 0.5) is 0 Å². The van der Waals surface area contributed by atoms with E-state index in [0.717, 1.165) is 0 Å². The van der Waals surface area contributed by atoms with Gasteiger partial charge in [-0.1, -0.05) is 0 Å². The molecule has 0 atom stereocenters. The van der Waals surface area contributed by atoms with Gasteiger partial charge in [-0.05, 0) is 13.0 Å². The molecule has 0 bridgehead atoms. The Morgan fingerprint density at radius 3 is 3.27 bits per heavy atom. The van der Waals surface area contributed by atoms with Crippen molar-refractivity contribution in [3.63, 3.8) is 0 Å². The second-order valence-corrected chi connectivity index (χ2v) is 1.99. The van der Waals surface area contributed by atoms with Gasteiger partial charge in [-0.25, -0.2) is 4.79 Å². The molecule has 1 rings (SSSR count). The van der Waals surface area contributed by atoms with Crippen LogP contribution in [0.5, 0.6) is 0 Å². The number of ether oxygens (including phenoxy) is 2. The Balaban J connectivity index is 2.46. The molecule has 0 saturated heterocycles. The SMILES string of the molecule is CCOC(=O)C1=[C]OC=CC1. The second-order valence-electron chi connectivity index (χ2n) is 1.99. The van der Waals surface area contributed by atoms with Gasteiger partial charge in [-0.2, -0.15) is 0 Å². The summed E-state index contributed by atoms with van der Waals surface area (Å²) in [6.07, 6.45) is 6.23. The maximum atomic E-state index is 11.0. The number of rotatable bonds is 2. The van der Waals surface area contributed by atoms with E-state index in [1.807, 2.05) is 0 Å². The highest BCUT2D eigenvalue weighted by Crippen LogP contribution is 2.09. The van der Waals surface area contributed by atoms with E-state index in [1.165, 1.54) is 6.26 Å². The van der Waals surface area contributed by atoms with Crippen LogP contribution in [0, 0.1) is 6.26 Å². The molecular formula is C8H9O3. The molecule has 0 fully saturated rings. The van der Waals surface area contributed by atoms with Crippen LogP contribution in [0.15, 0.2) is 17.9 Å². The quantitative estimate of drug-likeness (QED) is 0.558. The van der Waals surface area contributed by atoms with Crippen molar-refractivity contribution in [2.45, 2.75) is 13.3 Å². The summed E-state index contributed by atoms with van der Waals surface area (Å²) in [6.45, 7) is 2.14. The normalized spacial score (nSPS) is 15.2. The molecule has 1 aliphatic rings. The lowest BCUT2D eigenvalue weighted by molar-refractivity contribution is -0.138. The lowest BCUT2D eigenvalue weighted by Gasteiger charge is -2.05. The van der Waals surface area contributed by atoms with Crippen LogP contribution in [-0.2, 0) is 14.3 Å². The molecule has 1 heterocycles. The van der Waals surface area contributed by atoms with E-state index >= 15 is 0 Å². The Morgan fingerprint density at radius 2 is 2.73 bits per heavy atom. The largest absolute Gasteiger partial charge is 0.463 e. The van der Waals surface area contributed by atoms with Gasteiger partial charge < -0.3 is 9.47 Å². The zero-order valence-corrected chi connectivity index (χ0v) is 6.29. The van der Waals surface area contributed by atoms with Crippen molar-refractivity contribution >= 4 is 5.97 Å². The maximum Gasteiger partial charge on any atom is 0.338 e. The minimum Gasteiger partial charge on any atom is -0.463 e. The third-order valence-corrected chi connectivity index (χ3v) is 1.19. The molecule has 0 unspecified atom stereocenters. The van der Waals surface area contributed by atoms with Gasteiger partial charge in [0.15, 0.2) is 6.26 Å². The van der Waals surface area contributed by atoms with Crippen LogP contribution < -0.4 is 0 Å². The highest BCUT2D eigenvalue weighted by molar-refractivity contribution is 5.88. The summed E-state index contributed by atoms with van der Waals surface area (Å²) in [4.78, 5) is 11.0. The van der Waals surface area contributed by atoms with E-state index < -0.39 is 0 Å². The van der Waals surface area contributed by atoms with E-state index in [-0.39, 0.29) is 5.97 Å². The maximum absolute atomic E-state index is 11.0. The molecule has 3 heteroatoms. The van der Waals surface area contributed by atoms with Crippen LogP contribution in [0.3, 0.4) is 0 Å². The van der Waals surface area contributed by atoms with Gasteiger partial charge in [0.1, 0.15) is 0 Å². The molecule has 0 aromatic heterocycles. The fourth-order valence-electron chi connectivity index (χ4n) is 0.704. The monoisotopic (exact) mass is 153 g/mol. The third-order valence-electron chi connectivity index (χ3n) is 1.19. The fourth-order valence-corrected chi connectivity index (χ4v) is 0.704. The van der Waals surface area contributed by atoms with E-state index in [1.54, 1.807) is 13.0 Å². The first-order valence-corrected chi connectivity index (χ1v) is 3.44. The molecule has 0 saturated carbocycles. The number of carbonyl (C=O) groups excluding carboxylic acids is 1. The summed E-state index contributed by atoms with van der Waals surface area (Å²) in [5.41, 5.74) is 0.439. The first kappa shape index (κ1) is 7.85. The van der Waals surface area contributed by atoms with Gasteiger partial charge in [0.2, 0.25) is 0 Å². The average molecular weight is 153 g/mol. The van der Waals surface area contributed by atoms with Gasteiger partial charge in [0.05, 0.1) is 18.4 Å². The van der Waals surface area contributed by atoms with Crippen LogP contribution in [0.25, 0.3) is 0 Å². The summed E-state index contributed by atoms with van der Waals surface area (Å²) in [7, 11) is 0. The van der Waals surface area contributed by atoms with Crippen molar-refractivity contribution in [2.75, 3.05) is 6.61 Å². The van der Waals surface area contributed by atoms with Gasteiger partial charge in [-0.3, -0.25) is 0 Å². The molecular weight excluding hydrogens is 144 g/mol. The summed E-state index contributed by atoms with van der Waals surface area (Å²) in [5, 5.41) is 0. The summed E-state index contributed by atoms with van der Waals surface area (Å²) in [5.74, 6) is -0.350. The van der Waals surface area contributed by atoms with Crippen molar-refractivity contribution in [3.05, 3.63) is 24.2 Å². The van der Waals surface area contributed by atoms with Gasteiger partial charge >= 0.3 is 5.97 Å². The molecule has 1 aliphatic heterocycles. The Morgan fingerprint density at radius 1 is 1.91 bits per heavy atom. The first-order chi connectivity index (χ1) is 5.34. The second kappa shape index (κ2) is 3.81. The molecule has 59 valence electrons. The number of carbonyl (C=O) groups is 1. The van der Waals surface area contributed by atoms with Crippen LogP contribution in [0.1, 0.15) is 13.3 Å². The van der Waals surface area contributed by atoms with Crippen molar-refractivity contribution < 1.29 is 14.3 Å². The molecule has 0 spiro atoms. The van der Waals surface area contributed by atoms with Crippen molar-refractivity contribution in [1.29, 1.82) is 0 Å². The molecule has 0 aliphatic carbocycles. The Labute approximate surface area is 65.3 Å².